The molecular weight excluding hydrogens is 142 g/mol. The Bertz CT molecular complexity index is 132. The van der Waals surface area contributed by atoms with Gasteiger partial charge in [-0.3, -0.25) is 4.79 Å². The molecule has 0 aliphatic rings. The number of rotatable bonds is 6. The van der Waals surface area contributed by atoms with E-state index in [0.29, 0.717) is 13.0 Å². The molecule has 0 rings (SSSR count). The first kappa shape index (κ1) is 10.2. The number of hydrogen-bond donors (Lipinski definition) is 2. The summed E-state index contributed by atoms with van der Waals surface area (Å²) in [5.74, 6) is -0.742. The van der Waals surface area contributed by atoms with Crippen LogP contribution in [-0.4, -0.2) is 17.6 Å². The van der Waals surface area contributed by atoms with Gasteiger partial charge in [-0.2, -0.15) is 0 Å². The predicted octanol–water partition coefficient (Wildman–Crippen LogP) is 1.15. The van der Waals surface area contributed by atoms with Crippen LogP contribution in [0.2, 0.25) is 0 Å². The van der Waals surface area contributed by atoms with Crippen LogP contribution < -0.4 is 5.73 Å². The zero-order valence-electron chi connectivity index (χ0n) is 6.62. The third-order valence-corrected chi connectivity index (χ3v) is 1.27. The second kappa shape index (κ2) is 7.28. The molecule has 0 aromatic rings. The summed E-state index contributed by atoms with van der Waals surface area (Å²) in [6.45, 7) is 0.698. The van der Waals surface area contributed by atoms with Gasteiger partial charge in [-0.15, -0.1) is 0 Å². The topological polar surface area (TPSA) is 63.3 Å². The molecule has 0 heterocycles. The van der Waals surface area contributed by atoms with Gasteiger partial charge < -0.3 is 10.8 Å². The van der Waals surface area contributed by atoms with Crippen LogP contribution in [0.25, 0.3) is 0 Å². The molecule has 0 aliphatic carbocycles. The molecule has 3 N–H and O–H groups in total. The maximum atomic E-state index is 10.0. The Balaban J connectivity index is 3.10. The van der Waals surface area contributed by atoms with E-state index < -0.39 is 5.97 Å². The molecule has 0 bridgehead atoms. The zero-order chi connectivity index (χ0) is 8.53. The van der Waals surface area contributed by atoms with Gasteiger partial charge in [0.15, 0.2) is 0 Å². The van der Waals surface area contributed by atoms with E-state index in [1.54, 1.807) is 0 Å². The van der Waals surface area contributed by atoms with Gasteiger partial charge in [0.2, 0.25) is 0 Å². The van der Waals surface area contributed by atoms with E-state index in [2.05, 4.69) is 0 Å². The van der Waals surface area contributed by atoms with Gasteiger partial charge in [0.05, 0.1) is 0 Å². The Morgan fingerprint density at radius 2 is 2.00 bits per heavy atom. The zero-order valence-corrected chi connectivity index (χ0v) is 6.62. The van der Waals surface area contributed by atoms with Crippen molar-refractivity contribution in [1.82, 2.24) is 0 Å². The lowest BCUT2D eigenvalue weighted by atomic mass is 10.2. The van der Waals surface area contributed by atoms with Crippen LogP contribution in [-0.2, 0) is 4.79 Å². The molecule has 0 fully saturated rings. The first-order valence-electron chi connectivity index (χ1n) is 3.84. The maximum absolute atomic E-state index is 10.0. The molecule has 0 radical (unpaired) electrons. The van der Waals surface area contributed by atoms with Gasteiger partial charge in [-0.25, -0.2) is 0 Å². The number of carboxylic acid groups (broad SMARTS) is 1. The summed E-state index contributed by atoms with van der Waals surface area (Å²) in [7, 11) is 0. The summed E-state index contributed by atoms with van der Waals surface area (Å²) in [6.07, 6.45) is 6.65. The quantitative estimate of drug-likeness (QED) is 0.449. The number of carbonyl (C=O) groups is 1. The van der Waals surface area contributed by atoms with Crippen molar-refractivity contribution in [2.24, 2.45) is 5.73 Å². The minimum Gasteiger partial charge on any atom is -0.481 e. The van der Waals surface area contributed by atoms with Crippen LogP contribution in [0, 0.1) is 0 Å². The van der Waals surface area contributed by atoms with E-state index in [9.17, 15) is 4.79 Å². The monoisotopic (exact) mass is 157 g/mol. The fourth-order valence-corrected chi connectivity index (χ4v) is 0.678. The van der Waals surface area contributed by atoms with Crippen molar-refractivity contribution in [3.63, 3.8) is 0 Å². The average Bonchev–Trinajstić information content (AvgIpc) is 1.96. The number of carboxylic acids is 1. The first-order chi connectivity index (χ1) is 5.27. The van der Waals surface area contributed by atoms with Gasteiger partial charge in [0.1, 0.15) is 0 Å². The van der Waals surface area contributed by atoms with E-state index in [1.165, 1.54) is 0 Å². The summed E-state index contributed by atoms with van der Waals surface area (Å²) < 4.78 is 0. The normalized spacial score (nSPS) is 10.6. The largest absolute Gasteiger partial charge is 0.481 e. The second-order valence-electron chi connectivity index (χ2n) is 2.33. The molecule has 11 heavy (non-hydrogen) atoms. The summed E-state index contributed by atoms with van der Waals surface area (Å²) in [6, 6.07) is 0. The summed E-state index contributed by atoms with van der Waals surface area (Å²) >= 11 is 0. The maximum Gasteiger partial charge on any atom is 0.303 e. The highest BCUT2D eigenvalue weighted by atomic mass is 16.4. The van der Waals surface area contributed by atoms with E-state index in [4.69, 9.17) is 10.8 Å². The molecule has 0 atom stereocenters. The molecule has 3 heteroatoms. The van der Waals surface area contributed by atoms with E-state index >= 15 is 0 Å². The number of nitrogens with two attached hydrogens (primary N) is 1. The number of unbranched alkanes of at least 4 members (excludes halogenated alkanes) is 1. The van der Waals surface area contributed by atoms with Gasteiger partial charge in [-0.05, 0) is 25.8 Å². The summed E-state index contributed by atoms with van der Waals surface area (Å²) in [5.41, 5.74) is 5.26. The lowest BCUT2D eigenvalue weighted by Crippen LogP contribution is -1.96. The molecule has 0 saturated heterocycles. The lowest BCUT2D eigenvalue weighted by Gasteiger charge is -1.89. The van der Waals surface area contributed by atoms with Crippen molar-refractivity contribution >= 4 is 5.97 Å². The number of aliphatic carboxylic acids is 1. The minimum absolute atomic E-state index is 0.221. The third kappa shape index (κ3) is 9.17. The van der Waals surface area contributed by atoms with Crippen LogP contribution >= 0.6 is 0 Å². The highest BCUT2D eigenvalue weighted by Crippen LogP contribution is 1.94. The standard InChI is InChI=1S/C8H15NO2/c9-7-5-3-1-2-4-6-8(10)11/h1-2H,3-7,9H2,(H,10,11). The fourth-order valence-electron chi connectivity index (χ4n) is 0.678. The molecule has 64 valence electrons. The molecule has 0 amide bonds. The van der Waals surface area contributed by atoms with Crippen molar-refractivity contribution in [3.8, 4) is 0 Å². The van der Waals surface area contributed by atoms with Crippen LogP contribution in [0.3, 0.4) is 0 Å². The highest BCUT2D eigenvalue weighted by Gasteiger charge is 1.90. The highest BCUT2D eigenvalue weighted by molar-refractivity contribution is 5.66. The Morgan fingerprint density at radius 1 is 1.36 bits per heavy atom. The Morgan fingerprint density at radius 3 is 2.55 bits per heavy atom. The van der Waals surface area contributed by atoms with Gasteiger partial charge in [0, 0.05) is 6.42 Å². The van der Waals surface area contributed by atoms with Crippen molar-refractivity contribution in [1.29, 1.82) is 0 Å². The van der Waals surface area contributed by atoms with E-state index in [1.807, 2.05) is 12.2 Å². The lowest BCUT2D eigenvalue weighted by molar-refractivity contribution is -0.136. The molecule has 0 saturated carbocycles. The van der Waals surface area contributed by atoms with E-state index in [-0.39, 0.29) is 6.42 Å². The van der Waals surface area contributed by atoms with Gasteiger partial charge in [0.25, 0.3) is 0 Å². The Kier molecular flexibility index (Phi) is 6.73. The van der Waals surface area contributed by atoms with Crippen LogP contribution in [0.15, 0.2) is 12.2 Å². The molecule has 0 unspecified atom stereocenters. The number of allylic oxidation sites excluding steroid dienone is 2. The van der Waals surface area contributed by atoms with Crippen LogP contribution in [0.1, 0.15) is 25.7 Å². The molecule has 0 spiro atoms. The number of hydrogen-bond acceptors (Lipinski definition) is 2. The fraction of sp³-hybridized carbons (Fsp3) is 0.625. The molecular formula is C8H15NO2. The Hall–Kier alpha value is -0.830. The Labute approximate surface area is 66.9 Å². The van der Waals surface area contributed by atoms with Crippen LogP contribution in [0.4, 0.5) is 0 Å². The minimum atomic E-state index is -0.742. The predicted molar refractivity (Wildman–Crippen MR) is 44.3 cm³/mol. The van der Waals surface area contributed by atoms with Crippen LogP contribution in [0.5, 0.6) is 0 Å². The third-order valence-electron chi connectivity index (χ3n) is 1.27. The summed E-state index contributed by atoms with van der Waals surface area (Å²) in [5, 5.41) is 8.26. The van der Waals surface area contributed by atoms with Crippen molar-refractivity contribution in [2.75, 3.05) is 6.54 Å². The smallest absolute Gasteiger partial charge is 0.303 e. The second-order valence-corrected chi connectivity index (χ2v) is 2.33. The van der Waals surface area contributed by atoms with Gasteiger partial charge in [-0.1, -0.05) is 12.2 Å². The molecule has 0 aromatic carbocycles. The first-order valence-corrected chi connectivity index (χ1v) is 3.84. The average molecular weight is 157 g/mol. The molecule has 0 aliphatic heterocycles. The summed E-state index contributed by atoms with van der Waals surface area (Å²) in [4.78, 5) is 10.0. The molecule has 3 nitrogen and oxygen atoms in total. The molecule has 0 aromatic heterocycles. The van der Waals surface area contributed by atoms with Crippen molar-refractivity contribution < 1.29 is 9.90 Å². The van der Waals surface area contributed by atoms with Crippen molar-refractivity contribution in [2.45, 2.75) is 25.7 Å². The van der Waals surface area contributed by atoms with E-state index in [0.717, 1.165) is 12.8 Å². The SMILES string of the molecule is NCCCC=CCCC(=O)O. The van der Waals surface area contributed by atoms with Gasteiger partial charge >= 0.3 is 5.97 Å². The van der Waals surface area contributed by atoms with Crippen molar-refractivity contribution in [3.05, 3.63) is 12.2 Å².